The lowest BCUT2D eigenvalue weighted by Gasteiger charge is -2.31. The first-order chi connectivity index (χ1) is 7.92. The average Bonchev–Trinajstić information content (AvgIpc) is 2.87. The third kappa shape index (κ3) is 1.13. The van der Waals surface area contributed by atoms with Gasteiger partial charge in [-0.05, 0) is 24.7 Å². The minimum atomic E-state index is 0.591. The first-order valence-electron chi connectivity index (χ1n) is 6.20. The van der Waals surface area contributed by atoms with E-state index in [1.165, 1.54) is 18.7 Å². The normalized spacial score (nSPS) is 36.9. The van der Waals surface area contributed by atoms with Crippen LogP contribution in [0.1, 0.15) is 30.6 Å². The molecular formula is C12H16N4. The van der Waals surface area contributed by atoms with Crippen LogP contribution in [-0.4, -0.2) is 27.9 Å². The molecule has 1 N–H and O–H groups in total. The maximum absolute atomic E-state index is 4.37. The average molecular weight is 216 g/mol. The van der Waals surface area contributed by atoms with Crippen LogP contribution in [0.4, 0.5) is 0 Å². The molecule has 3 aliphatic rings. The molecule has 4 heteroatoms. The van der Waals surface area contributed by atoms with Gasteiger partial charge in [0, 0.05) is 19.0 Å². The second-order valence-electron chi connectivity index (χ2n) is 5.30. The van der Waals surface area contributed by atoms with Gasteiger partial charge in [-0.25, -0.2) is 0 Å². The fourth-order valence-electron chi connectivity index (χ4n) is 3.35. The molecule has 2 aliphatic carbocycles. The Morgan fingerprint density at radius 2 is 2.19 bits per heavy atom. The highest BCUT2D eigenvalue weighted by Crippen LogP contribution is 2.48. The van der Waals surface area contributed by atoms with Gasteiger partial charge in [0.25, 0.3) is 0 Å². The lowest BCUT2D eigenvalue weighted by atomic mass is 9.92. The largest absolute Gasteiger partial charge is 0.313 e. The molecule has 0 amide bonds. The van der Waals surface area contributed by atoms with E-state index in [1.807, 2.05) is 6.33 Å². The maximum Gasteiger partial charge on any atom is 0.136 e. The number of fused-ring (bicyclic) bond motifs is 2. The number of aromatic nitrogens is 3. The van der Waals surface area contributed by atoms with E-state index in [-0.39, 0.29) is 0 Å². The van der Waals surface area contributed by atoms with E-state index >= 15 is 0 Å². The van der Waals surface area contributed by atoms with Crippen LogP contribution < -0.4 is 5.32 Å². The number of hydrogen-bond acceptors (Lipinski definition) is 3. The summed E-state index contributed by atoms with van der Waals surface area (Å²) in [6.07, 6.45) is 9.29. The fourth-order valence-corrected chi connectivity index (χ4v) is 3.35. The van der Waals surface area contributed by atoms with E-state index in [4.69, 9.17) is 0 Å². The standard InChI is InChI=1S/C12H16N4/c1-2-9-3-8(1)4-11(9)12-15-14-7-16(12)10-5-13-6-10/h1-2,7-11,13H,3-6H2. The number of nitrogens with zero attached hydrogens (tertiary/aromatic N) is 3. The number of nitrogens with one attached hydrogen (secondary N) is 1. The van der Waals surface area contributed by atoms with Gasteiger partial charge in [-0.3, -0.25) is 0 Å². The van der Waals surface area contributed by atoms with Gasteiger partial charge in [0.05, 0.1) is 6.04 Å². The van der Waals surface area contributed by atoms with Crippen LogP contribution in [0.3, 0.4) is 0 Å². The monoisotopic (exact) mass is 216 g/mol. The molecule has 1 saturated carbocycles. The van der Waals surface area contributed by atoms with Crippen molar-refractivity contribution in [3.63, 3.8) is 0 Å². The Bertz CT molecular complexity index is 432. The number of hydrogen-bond donors (Lipinski definition) is 1. The Morgan fingerprint density at radius 3 is 2.81 bits per heavy atom. The van der Waals surface area contributed by atoms with Gasteiger partial charge in [-0.2, -0.15) is 0 Å². The molecule has 0 aromatic carbocycles. The highest BCUT2D eigenvalue weighted by molar-refractivity contribution is 5.19. The third-order valence-electron chi connectivity index (χ3n) is 4.36. The highest BCUT2D eigenvalue weighted by atomic mass is 15.3. The first kappa shape index (κ1) is 8.93. The van der Waals surface area contributed by atoms with Gasteiger partial charge in [0.1, 0.15) is 12.2 Å². The Labute approximate surface area is 94.8 Å². The highest BCUT2D eigenvalue weighted by Gasteiger charge is 2.39. The number of allylic oxidation sites excluding steroid dienone is 2. The molecule has 16 heavy (non-hydrogen) atoms. The van der Waals surface area contributed by atoms with E-state index < -0.39 is 0 Å². The summed E-state index contributed by atoms with van der Waals surface area (Å²) in [6, 6.07) is 0.591. The van der Waals surface area contributed by atoms with Crippen LogP contribution in [0, 0.1) is 11.8 Å². The van der Waals surface area contributed by atoms with Crippen LogP contribution in [0.25, 0.3) is 0 Å². The van der Waals surface area contributed by atoms with Crippen molar-refractivity contribution < 1.29 is 0 Å². The molecule has 84 valence electrons. The molecule has 4 nitrogen and oxygen atoms in total. The molecule has 1 saturated heterocycles. The third-order valence-corrected chi connectivity index (χ3v) is 4.36. The summed E-state index contributed by atoms with van der Waals surface area (Å²) in [5.74, 6) is 3.38. The quantitative estimate of drug-likeness (QED) is 0.753. The molecule has 4 rings (SSSR count). The van der Waals surface area contributed by atoms with Gasteiger partial charge in [0.15, 0.2) is 0 Å². The summed E-state index contributed by atoms with van der Waals surface area (Å²) in [7, 11) is 0. The molecular weight excluding hydrogens is 200 g/mol. The molecule has 2 fully saturated rings. The fraction of sp³-hybridized carbons (Fsp3) is 0.667. The van der Waals surface area contributed by atoms with Gasteiger partial charge in [-0.1, -0.05) is 12.2 Å². The molecule has 2 bridgehead atoms. The minimum absolute atomic E-state index is 0.591. The van der Waals surface area contributed by atoms with E-state index in [1.54, 1.807) is 0 Å². The summed E-state index contributed by atoms with van der Waals surface area (Å²) >= 11 is 0. The van der Waals surface area contributed by atoms with Crippen LogP contribution in [0.2, 0.25) is 0 Å². The van der Waals surface area contributed by atoms with Crippen LogP contribution in [-0.2, 0) is 0 Å². The zero-order chi connectivity index (χ0) is 10.5. The lowest BCUT2D eigenvalue weighted by Crippen LogP contribution is -2.44. The van der Waals surface area contributed by atoms with Crippen molar-refractivity contribution in [2.45, 2.75) is 24.8 Å². The molecule has 3 unspecified atom stereocenters. The van der Waals surface area contributed by atoms with Gasteiger partial charge >= 0.3 is 0 Å². The maximum atomic E-state index is 4.37. The Morgan fingerprint density at radius 1 is 1.25 bits per heavy atom. The molecule has 0 radical (unpaired) electrons. The summed E-state index contributed by atoms with van der Waals surface area (Å²) in [5, 5.41) is 11.8. The van der Waals surface area contributed by atoms with E-state index in [9.17, 15) is 0 Å². The molecule has 1 aromatic rings. The van der Waals surface area contributed by atoms with Crippen molar-refractivity contribution in [2.24, 2.45) is 11.8 Å². The van der Waals surface area contributed by atoms with E-state index in [2.05, 4.69) is 32.2 Å². The van der Waals surface area contributed by atoms with E-state index in [0.29, 0.717) is 12.0 Å². The number of rotatable bonds is 2. The molecule has 2 heterocycles. The second-order valence-corrected chi connectivity index (χ2v) is 5.30. The Balaban J connectivity index is 1.67. The molecule has 1 aliphatic heterocycles. The van der Waals surface area contributed by atoms with Gasteiger partial charge in [0.2, 0.25) is 0 Å². The van der Waals surface area contributed by atoms with Crippen molar-refractivity contribution in [3.8, 4) is 0 Å². The van der Waals surface area contributed by atoms with Gasteiger partial charge < -0.3 is 9.88 Å². The van der Waals surface area contributed by atoms with Crippen LogP contribution >= 0.6 is 0 Å². The zero-order valence-electron chi connectivity index (χ0n) is 9.21. The predicted octanol–water partition coefficient (Wildman–Crippen LogP) is 1.10. The second kappa shape index (κ2) is 3.17. The minimum Gasteiger partial charge on any atom is -0.313 e. The van der Waals surface area contributed by atoms with Crippen molar-refractivity contribution >= 4 is 0 Å². The Hall–Kier alpha value is -1.16. The summed E-state index contributed by atoms with van der Waals surface area (Å²) in [6.45, 7) is 2.14. The predicted molar refractivity (Wildman–Crippen MR) is 60.0 cm³/mol. The summed E-state index contributed by atoms with van der Waals surface area (Å²) in [4.78, 5) is 0. The van der Waals surface area contributed by atoms with Crippen molar-refractivity contribution in [1.82, 2.24) is 20.1 Å². The zero-order valence-corrected chi connectivity index (χ0v) is 9.21. The first-order valence-corrected chi connectivity index (χ1v) is 6.20. The molecule has 1 aromatic heterocycles. The van der Waals surface area contributed by atoms with Crippen molar-refractivity contribution in [2.75, 3.05) is 13.1 Å². The molecule has 0 spiro atoms. The van der Waals surface area contributed by atoms with Crippen molar-refractivity contribution in [1.29, 1.82) is 0 Å². The van der Waals surface area contributed by atoms with Crippen molar-refractivity contribution in [3.05, 3.63) is 24.3 Å². The van der Waals surface area contributed by atoms with Gasteiger partial charge in [-0.15, -0.1) is 10.2 Å². The smallest absolute Gasteiger partial charge is 0.136 e. The SMILES string of the molecule is C1=CC2CC1CC2c1nncn1C1CNC1. The summed E-state index contributed by atoms with van der Waals surface area (Å²) < 4.78 is 2.30. The van der Waals surface area contributed by atoms with Crippen LogP contribution in [0.5, 0.6) is 0 Å². The topological polar surface area (TPSA) is 42.7 Å². The van der Waals surface area contributed by atoms with Crippen LogP contribution in [0.15, 0.2) is 18.5 Å². The lowest BCUT2D eigenvalue weighted by molar-refractivity contribution is 0.325. The Kier molecular flexibility index (Phi) is 1.77. The van der Waals surface area contributed by atoms with E-state index in [0.717, 1.165) is 24.9 Å². The summed E-state index contributed by atoms with van der Waals surface area (Å²) in [5.41, 5.74) is 0. The molecule has 3 atom stereocenters.